The Bertz CT molecular complexity index is 1460. The third-order valence-electron chi connectivity index (χ3n) is 6.02. The molecular weight excluding hydrogens is 540 g/mol. The van der Waals surface area contributed by atoms with Crippen molar-refractivity contribution in [2.24, 2.45) is 0 Å². The highest BCUT2D eigenvalue weighted by Gasteiger charge is 2.30. The van der Waals surface area contributed by atoms with Gasteiger partial charge in [0.15, 0.2) is 5.16 Å². The molecule has 4 rings (SSSR count). The van der Waals surface area contributed by atoms with Gasteiger partial charge in [-0.1, -0.05) is 68.1 Å². The molecule has 210 valence electrons. The lowest BCUT2D eigenvalue weighted by molar-refractivity contribution is -0.404. The summed E-state index contributed by atoms with van der Waals surface area (Å²) in [6.45, 7) is 8.68. The molecule has 0 radical (unpaired) electrons. The first kappa shape index (κ1) is 30.0. The van der Waals surface area contributed by atoms with Crippen LogP contribution in [-0.4, -0.2) is 54.0 Å². The molecule has 14 heteroatoms. The van der Waals surface area contributed by atoms with Crippen LogP contribution in [0.15, 0.2) is 71.9 Å². The lowest BCUT2D eigenvalue weighted by Crippen LogP contribution is -2.27. The van der Waals surface area contributed by atoms with E-state index in [0.717, 1.165) is 42.6 Å². The van der Waals surface area contributed by atoms with Gasteiger partial charge in [0.05, 0.1) is 37.9 Å². The molecule has 0 amide bonds. The lowest BCUT2D eigenvalue weighted by Gasteiger charge is -2.19. The fraction of sp³-hybridized carbons (Fsp3) is 0.269. The van der Waals surface area contributed by atoms with Crippen molar-refractivity contribution in [2.45, 2.75) is 31.3 Å². The fourth-order valence-electron chi connectivity index (χ4n) is 3.86. The second kappa shape index (κ2) is 14.0. The third kappa shape index (κ3) is 7.51. The van der Waals surface area contributed by atoms with E-state index in [2.05, 4.69) is 77.9 Å². The number of non-ortho nitro benzene ring substituents is 1. The number of hydrogen-bond donors (Lipinski definition) is 1. The molecule has 3 aromatic carbocycles. The molecule has 0 unspecified atom stereocenters. The maximum Gasteiger partial charge on any atom is 0.324 e. The van der Waals surface area contributed by atoms with Gasteiger partial charge >= 0.3 is 11.4 Å². The van der Waals surface area contributed by atoms with Crippen molar-refractivity contribution >= 4 is 39.9 Å². The number of phenolic OH excluding ortho intramolecular Hbond substituents is 1. The normalized spacial score (nSPS) is 10.8. The first-order chi connectivity index (χ1) is 19.2. The van der Waals surface area contributed by atoms with E-state index in [-0.39, 0.29) is 0 Å². The van der Waals surface area contributed by atoms with Crippen LogP contribution >= 0.6 is 11.8 Å². The van der Waals surface area contributed by atoms with Gasteiger partial charge in [0.25, 0.3) is 11.4 Å². The number of benzene rings is 3. The van der Waals surface area contributed by atoms with Crippen LogP contribution in [0.25, 0.3) is 11.0 Å². The monoisotopic (exact) mass is 568 g/mol. The molecule has 1 N–H and O–H groups in total. The van der Waals surface area contributed by atoms with Crippen molar-refractivity contribution in [3.8, 4) is 5.75 Å². The van der Waals surface area contributed by atoms with Crippen molar-refractivity contribution in [1.29, 1.82) is 0 Å². The van der Waals surface area contributed by atoms with Gasteiger partial charge in [0.2, 0.25) is 0 Å². The highest BCUT2D eigenvalue weighted by Crippen LogP contribution is 2.39. The zero-order valence-corrected chi connectivity index (χ0v) is 22.7. The summed E-state index contributed by atoms with van der Waals surface area (Å²) in [7, 11) is 0. The van der Waals surface area contributed by atoms with E-state index in [1.165, 1.54) is 11.1 Å². The summed E-state index contributed by atoms with van der Waals surface area (Å²) in [4.78, 5) is 35.1. The van der Waals surface area contributed by atoms with Gasteiger partial charge in [-0.3, -0.25) is 30.3 Å². The number of thioether (sulfide) groups is 1. The number of nitro benzene ring substituents is 3. The second-order valence-corrected chi connectivity index (χ2v) is 9.38. The number of aromatic hydroxyl groups is 1. The Labute approximate surface area is 233 Å². The Morgan fingerprint density at radius 2 is 1.45 bits per heavy atom. The quantitative estimate of drug-likeness (QED) is 0.133. The van der Waals surface area contributed by atoms with Gasteiger partial charge in [-0.05, 0) is 30.8 Å². The number of hydrogen-bond acceptors (Lipinski definition) is 10. The molecular formula is C26H28N6O7S. The first-order valence-corrected chi connectivity index (χ1v) is 13.3. The van der Waals surface area contributed by atoms with E-state index in [9.17, 15) is 30.3 Å². The van der Waals surface area contributed by atoms with Gasteiger partial charge in [0, 0.05) is 18.8 Å². The molecule has 0 atom stereocenters. The molecule has 0 fully saturated rings. The van der Waals surface area contributed by atoms with Crippen LogP contribution in [-0.2, 0) is 12.3 Å². The molecule has 0 aliphatic rings. The molecule has 4 aromatic rings. The van der Waals surface area contributed by atoms with E-state index in [1.807, 2.05) is 11.8 Å². The Balaban J connectivity index is 0.000000241. The summed E-state index contributed by atoms with van der Waals surface area (Å²) < 4.78 is 2.38. The Morgan fingerprint density at radius 1 is 0.875 bits per heavy atom. The average molecular weight is 569 g/mol. The fourth-order valence-corrected chi connectivity index (χ4v) is 4.85. The van der Waals surface area contributed by atoms with Crippen molar-refractivity contribution in [1.82, 2.24) is 14.5 Å². The van der Waals surface area contributed by atoms with Crippen LogP contribution < -0.4 is 0 Å². The van der Waals surface area contributed by atoms with E-state index >= 15 is 0 Å². The Hall–Kier alpha value is -4.56. The molecule has 0 saturated heterocycles. The number of phenols is 1. The second-order valence-electron chi connectivity index (χ2n) is 8.44. The van der Waals surface area contributed by atoms with E-state index in [4.69, 9.17) is 10.1 Å². The summed E-state index contributed by atoms with van der Waals surface area (Å²) in [5, 5.41) is 41.3. The van der Waals surface area contributed by atoms with Crippen molar-refractivity contribution in [3.63, 3.8) is 0 Å². The van der Waals surface area contributed by atoms with Crippen molar-refractivity contribution in [3.05, 3.63) is 103 Å². The number of likely N-dealkylation sites (N-methyl/N-ethyl adjacent to an activating group) is 1. The lowest BCUT2D eigenvalue weighted by atomic mass is 10.2. The predicted molar refractivity (Wildman–Crippen MR) is 152 cm³/mol. The molecule has 0 spiro atoms. The summed E-state index contributed by atoms with van der Waals surface area (Å²) in [5.41, 5.74) is 0.663. The van der Waals surface area contributed by atoms with Crippen LogP contribution in [0.3, 0.4) is 0 Å². The highest BCUT2D eigenvalue weighted by molar-refractivity contribution is 7.98. The zero-order chi connectivity index (χ0) is 29.2. The minimum atomic E-state index is -1.21. The first-order valence-electron chi connectivity index (χ1n) is 12.3. The number of aromatic nitrogens is 2. The minimum Gasteiger partial charge on any atom is -0.497 e. The summed E-state index contributed by atoms with van der Waals surface area (Å²) in [6.07, 6.45) is 0. The zero-order valence-electron chi connectivity index (χ0n) is 21.9. The number of nitrogens with zero attached hydrogens (tertiary/aromatic N) is 6. The van der Waals surface area contributed by atoms with Gasteiger partial charge in [0.1, 0.15) is 0 Å². The Morgan fingerprint density at radius 3 is 2.00 bits per heavy atom. The van der Waals surface area contributed by atoms with Gasteiger partial charge < -0.3 is 14.6 Å². The maximum absolute atomic E-state index is 10.4. The van der Waals surface area contributed by atoms with E-state index in [0.29, 0.717) is 12.1 Å². The predicted octanol–water partition coefficient (Wildman–Crippen LogP) is 5.79. The average Bonchev–Trinajstić information content (AvgIpc) is 3.30. The van der Waals surface area contributed by atoms with Crippen LogP contribution in [0, 0.1) is 30.3 Å². The van der Waals surface area contributed by atoms with Crippen LogP contribution in [0.1, 0.15) is 19.4 Å². The third-order valence-corrected chi connectivity index (χ3v) is 7.07. The molecule has 13 nitrogen and oxygen atoms in total. The highest BCUT2D eigenvalue weighted by atomic mass is 32.2. The number of imidazole rings is 1. The van der Waals surface area contributed by atoms with Crippen molar-refractivity contribution < 1.29 is 19.9 Å². The Kier molecular flexibility index (Phi) is 10.5. The molecule has 0 aliphatic carbocycles. The largest absolute Gasteiger partial charge is 0.497 e. The standard InChI is InChI=1S/C20H25N3S.C6H3N3O7/c1-3-22(4-2)14-15-23-19-13-9-8-12-18(19)21-20(23)24-16-17-10-6-5-7-11-17;10-6-4(8(13)14)1-3(7(11)12)2-5(6)9(15)16/h5-13H,3-4,14-16H2,1-2H3;1-2,10H. The minimum absolute atomic E-state index is 0.447. The molecule has 0 bridgehead atoms. The van der Waals surface area contributed by atoms with E-state index < -0.39 is 37.6 Å². The number of nitro groups is 3. The number of fused-ring (bicyclic) bond motifs is 1. The number of para-hydroxylation sites is 2. The molecule has 40 heavy (non-hydrogen) atoms. The molecule has 0 saturated carbocycles. The molecule has 1 heterocycles. The summed E-state index contributed by atoms with van der Waals surface area (Å²) in [5.74, 6) is -0.254. The van der Waals surface area contributed by atoms with Crippen LogP contribution in [0.5, 0.6) is 5.75 Å². The summed E-state index contributed by atoms with van der Waals surface area (Å²) >= 11 is 1.83. The van der Waals surface area contributed by atoms with Gasteiger partial charge in [-0.25, -0.2) is 4.98 Å². The van der Waals surface area contributed by atoms with Gasteiger partial charge in [-0.2, -0.15) is 0 Å². The van der Waals surface area contributed by atoms with Crippen LogP contribution in [0.4, 0.5) is 17.1 Å². The van der Waals surface area contributed by atoms with Crippen LogP contribution in [0.2, 0.25) is 0 Å². The topological polar surface area (TPSA) is 171 Å². The number of rotatable bonds is 11. The smallest absolute Gasteiger partial charge is 0.324 e. The van der Waals surface area contributed by atoms with E-state index in [1.54, 1.807) is 0 Å². The summed E-state index contributed by atoms with van der Waals surface area (Å²) in [6, 6.07) is 20.0. The SMILES string of the molecule is CCN(CC)CCn1c(SCc2ccccc2)nc2ccccc21.O=[N+]([O-])c1cc([N+](=O)[O-])c(O)c([N+](=O)[O-])c1. The molecule has 1 aromatic heterocycles. The maximum atomic E-state index is 10.4. The van der Waals surface area contributed by atoms with Crippen molar-refractivity contribution in [2.75, 3.05) is 19.6 Å². The molecule has 0 aliphatic heterocycles. The van der Waals surface area contributed by atoms with Gasteiger partial charge in [-0.15, -0.1) is 0 Å².